The van der Waals surface area contributed by atoms with Gasteiger partial charge in [0.15, 0.2) is 0 Å². The lowest BCUT2D eigenvalue weighted by atomic mass is 10.1. The summed E-state index contributed by atoms with van der Waals surface area (Å²) >= 11 is 0. The molecule has 6 nitrogen and oxygen atoms in total. The summed E-state index contributed by atoms with van der Waals surface area (Å²) in [5, 5.41) is 8.84. The summed E-state index contributed by atoms with van der Waals surface area (Å²) in [6.45, 7) is 2.32. The SMILES string of the molecule is O=C(CC1COCCN1)NCc1cccc(NC(=O)c2cccc(F)c2)c1. The molecular formula is C20H22FN3O3. The Hall–Kier alpha value is -2.77. The fraction of sp³-hybridized carbons (Fsp3) is 0.300. The number of benzene rings is 2. The first-order valence-corrected chi connectivity index (χ1v) is 8.84. The van der Waals surface area contributed by atoms with Crippen LogP contribution in [0.25, 0.3) is 0 Å². The van der Waals surface area contributed by atoms with Crippen molar-refractivity contribution in [3.05, 3.63) is 65.5 Å². The van der Waals surface area contributed by atoms with Crippen molar-refractivity contribution in [2.75, 3.05) is 25.1 Å². The number of amides is 2. The first kappa shape index (κ1) is 19.0. The number of anilines is 1. The molecule has 1 atom stereocenters. The zero-order valence-electron chi connectivity index (χ0n) is 14.8. The van der Waals surface area contributed by atoms with Gasteiger partial charge in [0, 0.05) is 36.8 Å². The van der Waals surface area contributed by atoms with E-state index >= 15 is 0 Å². The predicted molar refractivity (Wildman–Crippen MR) is 99.9 cm³/mol. The van der Waals surface area contributed by atoms with Crippen LogP contribution in [-0.2, 0) is 16.1 Å². The number of carbonyl (C=O) groups excluding carboxylic acids is 2. The zero-order valence-corrected chi connectivity index (χ0v) is 14.8. The molecule has 1 aliphatic rings. The summed E-state index contributed by atoms with van der Waals surface area (Å²) in [5.41, 5.74) is 1.68. The minimum absolute atomic E-state index is 0.0376. The molecule has 1 saturated heterocycles. The summed E-state index contributed by atoms with van der Waals surface area (Å²) in [6.07, 6.45) is 0.357. The third-order valence-corrected chi connectivity index (χ3v) is 4.19. The van der Waals surface area contributed by atoms with Crippen molar-refractivity contribution in [1.29, 1.82) is 0 Å². The third-order valence-electron chi connectivity index (χ3n) is 4.19. The van der Waals surface area contributed by atoms with E-state index in [4.69, 9.17) is 4.74 Å². The van der Waals surface area contributed by atoms with Gasteiger partial charge in [0.2, 0.25) is 5.91 Å². The molecule has 2 amide bonds. The van der Waals surface area contributed by atoms with E-state index in [1.54, 1.807) is 24.3 Å². The van der Waals surface area contributed by atoms with Crippen molar-refractivity contribution in [3.63, 3.8) is 0 Å². The third kappa shape index (κ3) is 5.87. The molecule has 0 saturated carbocycles. The van der Waals surface area contributed by atoms with Crippen molar-refractivity contribution >= 4 is 17.5 Å². The molecule has 0 aliphatic carbocycles. The Kier molecular flexibility index (Phi) is 6.51. The fourth-order valence-electron chi connectivity index (χ4n) is 2.84. The molecule has 3 rings (SSSR count). The average Bonchev–Trinajstić information content (AvgIpc) is 2.67. The number of hydrogen-bond acceptors (Lipinski definition) is 4. The molecule has 1 aliphatic heterocycles. The Morgan fingerprint density at radius 2 is 2.04 bits per heavy atom. The van der Waals surface area contributed by atoms with Gasteiger partial charge in [-0.15, -0.1) is 0 Å². The van der Waals surface area contributed by atoms with Crippen molar-refractivity contribution in [2.45, 2.75) is 19.0 Å². The summed E-state index contributed by atoms with van der Waals surface area (Å²) in [7, 11) is 0. The van der Waals surface area contributed by atoms with Gasteiger partial charge in [-0.3, -0.25) is 9.59 Å². The highest BCUT2D eigenvalue weighted by atomic mass is 19.1. The first-order chi connectivity index (χ1) is 13.1. The Balaban J connectivity index is 1.52. The number of halogens is 1. The molecule has 7 heteroatoms. The van der Waals surface area contributed by atoms with Gasteiger partial charge < -0.3 is 20.7 Å². The number of carbonyl (C=O) groups is 2. The standard InChI is InChI=1S/C20H22FN3O3/c21-16-5-2-4-15(10-16)20(26)24-17-6-1-3-14(9-17)12-23-19(25)11-18-13-27-8-7-22-18/h1-6,9-10,18,22H,7-8,11-13H2,(H,23,25)(H,24,26). The van der Waals surface area contributed by atoms with Gasteiger partial charge in [-0.1, -0.05) is 18.2 Å². The van der Waals surface area contributed by atoms with Gasteiger partial charge in [-0.2, -0.15) is 0 Å². The summed E-state index contributed by atoms with van der Waals surface area (Å²) < 4.78 is 18.6. The van der Waals surface area contributed by atoms with Crippen LogP contribution in [0, 0.1) is 5.82 Å². The number of rotatable bonds is 6. The van der Waals surface area contributed by atoms with E-state index in [1.165, 1.54) is 18.2 Å². The van der Waals surface area contributed by atoms with Crippen LogP contribution in [-0.4, -0.2) is 37.6 Å². The zero-order chi connectivity index (χ0) is 19.1. The van der Waals surface area contributed by atoms with Crippen LogP contribution in [0.3, 0.4) is 0 Å². The lowest BCUT2D eigenvalue weighted by Crippen LogP contribution is -2.44. The van der Waals surface area contributed by atoms with Crippen LogP contribution >= 0.6 is 0 Å². The molecule has 3 N–H and O–H groups in total. The molecule has 2 aromatic rings. The fourth-order valence-corrected chi connectivity index (χ4v) is 2.84. The van der Waals surface area contributed by atoms with E-state index in [0.29, 0.717) is 31.9 Å². The van der Waals surface area contributed by atoms with Gasteiger partial charge in [-0.25, -0.2) is 4.39 Å². The normalized spacial score (nSPS) is 16.6. The van der Waals surface area contributed by atoms with Crippen LogP contribution in [0.15, 0.2) is 48.5 Å². The highest BCUT2D eigenvalue weighted by Crippen LogP contribution is 2.13. The number of ether oxygens (including phenoxy) is 1. The largest absolute Gasteiger partial charge is 0.378 e. The molecule has 0 bridgehead atoms. The van der Waals surface area contributed by atoms with E-state index < -0.39 is 5.82 Å². The van der Waals surface area contributed by atoms with Crippen LogP contribution in [0.5, 0.6) is 0 Å². The van der Waals surface area contributed by atoms with Crippen molar-refractivity contribution < 1.29 is 18.7 Å². The van der Waals surface area contributed by atoms with Crippen LogP contribution in [0.2, 0.25) is 0 Å². The van der Waals surface area contributed by atoms with Gasteiger partial charge in [-0.05, 0) is 35.9 Å². The lowest BCUT2D eigenvalue weighted by molar-refractivity contribution is -0.122. The highest BCUT2D eigenvalue weighted by molar-refractivity contribution is 6.04. The molecular weight excluding hydrogens is 349 g/mol. The number of nitrogens with one attached hydrogen (secondary N) is 3. The molecule has 0 radical (unpaired) electrons. The van der Waals surface area contributed by atoms with E-state index in [9.17, 15) is 14.0 Å². The quantitative estimate of drug-likeness (QED) is 0.726. The Morgan fingerprint density at radius 1 is 1.19 bits per heavy atom. The predicted octanol–water partition coefficient (Wildman–Crippen LogP) is 2.07. The van der Waals surface area contributed by atoms with Gasteiger partial charge in [0.1, 0.15) is 5.82 Å². The molecule has 0 aromatic heterocycles. The van der Waals surface area contributed by atoms with Crippen molar-refractivity contribution in [3.8, 4) is 0 Å². The van der Waals surface area contributed by atoms with E-state index in [0.717, 1.165) is 12.1 Å². The average molecular weight is 371 g/mol. The van der Waals surface area contributed by atoms with Gasteiger partial charge >= 0.3 is 0 Å². The Morgan fingerprint density at radius 3 is 2.81 bits per heavy atom. The van der Waals surface area contributed by atoms with E-state index in [1.807, 2.05) is 6.07 Å². The van der Waals surface area contributed by atoms with Crippen LogP contribution < -0.4 is 16.0 Å². The second kappa shape index (κ2) is 9.25. The molecule has 27 heavy (non-hydrogen) atoms. The molecule has 142 valence electrons. The Labute approximate surface area is 157 Å². The summed E-state index contributed by atoms with van der Waals surface area (Å²) in [6, 6.07) is 12.7. The van der Waals surface area contributed by atoms with Gasteiger partial charge in [0.25, 0.3) is 5.91 Å². The highest BCUT2D eigenvalue weighted by Gasteiger charge is 2.16. The summed E-state index contributed by atoms with van der Waals surface area (Å²) in [4.78, 5) is 24.3. The molecule has 1 unspecified atom stereocenters. The van der Waals surface area contributed by atoms with E-state index in [-0.39, 0.29) is 23.4 Å². The maximum atomic E-state index is 13.2. The monoisotopic (exact) mass is 371 g/mol. The van der Waals surface area contributed by atoms with Crippen molar-refractivity contribution in [1.82, 2.24) is 10.6 Å². The molecule has 2 aromatic carbocycles. The van der Waals surface area contributed by atoms with Crippen LogP contribution in [0.4, 0.5) is 10.1 Å². The maximum absolute atomic E-state index is 13.2. The topological polar surface area (TPSA) is 79.5 Å². The maximum Gasteiger partial charge on any atom is 0.255 e. The van der Waals surface area contributed by atoms with Gasteiger partial charge in [0.05, 0.1) is 13.2 Å². The summed E-state index contributed by atoms with van der Waals surface area (Å²) in [5.74, 6) is -0.914. The van der Waals surface area contributed by atoms with E-state index in [2.05, 4.69) is 16.0 Å². The lowest BCUT2D eigenvalue weighted by Gasteiger charge is -2.23. The number of hydrogen-bond donors (Lipinski definition) is 3. The Bertz CT molecular complexity index is 807. The molecule has 1 fully saturated rings. The van der Waals surface area contributed by atoms with Crippen LogP contribution in [0.1, 0.15) is 22.3 Å². The second-order valence-electron chi connectivity index (χ2n) is 6.37. The smallest absolute Gasteiger partial charge is 0.255 e. The second-order valence-corrected chi connectivity index (χ2v) is 6.37. The van der Waals surface area contributed by atoms with Crippen molar-refractivity contribution in [2.24, 2.45) is 0 Å². The minimum atomic E-state index is -0.461. The molecule has 1 heterocycles. The number of morpholine rings is 1. The minimum Gasteiger partial charge on any atom is -0.378 e. The molecule has 0 spiro atoms. The first-order valence-electron chi connectivity index (χ1n) is 8.84.